The molecule has 27 heavy (non-hydrogen) atoms. The lowest BCUT2D eigenvalue weighted by Crippen LogP contribution is -2.30. The van der Waals surface area contributed by atoms with Gasteiger partial charge in [-0.3, -0.25) is 9.89 Å². The van der Waals surface area contributed by atoms with Gasteiger partial charge in [-0.2, -0.15) is 5.10 Å². The first-order valence-corrected chi connectivity index (χ1v) is 9.05. The van der Waals surface area contributed by atoms with Crippen LogP contribution in [0.1, 0.15) is 49.2 Å². The second kappa shape index (κ2) is 8.03. The number of fused-ring (bicyclic) bond motifs is 1. The van der Waals surface area contributed by atoms with Crippen LogP contribution in [0.25, 0.3) is 10.9 Å². The van der Waals surface area contributed by atoms with Crippen molar-refractivity contribution in [3.63, 3.8) is 0 Å². The molecule has 0 radical (unpaired) electrons. The Morgan fingerprint density at radius 1 is 1.11 bits per heavy atom. The molecule has 0 aliphatic rings. The summed E-state index contributed by atoms with van der Waals surface area (Å²) in [5.74, 6) is -0.695. The zero-order valence-electron chi connectivity index (χ0n) is 15.7. The van der Waals surface area contributed by atoms with Crippen molar-refractivity contribution in [2.45, 2.75) is 39.2 Å². The van der Waals surface area contributed by atoms with Gasteiger partial charge in [0.15, 0.2) is 11.8 Å². The first kappa shape index (κ1) is 18.6. The number of nitrogens with one attached hydrogen (secondary N) is 2. The molecule has 2 N–H and O–H groups in total. The highest BCUT2D eigenvalue weighted by Crippen LogP contribution is 2.26. The monoisotopic (exact) mass is 365 g/mol. The summed E-state index contributed by atoms with van der Waals surface area (Å²) in [5, 5.41) is 10.3. The SMILES string of the molecule is CCC(C)c1ccccc1NC(=O)C(C)OC(=O)c1n[nH]c2ccccc12. The molecule has 1 aromatic heterocycles. The number of anilines is 1. The molecule has 6 heteroatoms. The Morgan fingerprint density at radius 2 is 1.81 bits per heavy atom. The number of rotatable bonds is 6. The largest absolute Gasteiger partial charge is 0.448 e. The third-order valence-electron chi connectivity index (χ3n) is 4.68. The maximum atomic E-state index is 12.5. The molecule has 0 aliphatic carbocycles. The second-order valence-electron chi connectivity index (χ2n) is 6.55. The van der Waals surface area contributed by atoms with Crippen molar-refractivity contribution in [1.29, 1.82) is 0 Å². The number of carbonyl (C=O) groups excluding carboxylic acids is 2. The lowest BCUT2D eigenvalue weighted by molar-refractivity contribution is -0.123. The number of carbonyl (C=O) groups is 2. The zero-order valence-corrected chi connectivity index (χ0v) is 15.7. The number of aromatic nitrogens is 2. The van der Waals surface area contributed by atoms with Gasteiger partial charge in [-0.05, 0) is 37.0 Å². The predicted octanol–water partition coefficient (Wildman–Crippen LogP) is 4.26. The van der Waals surface area contributed by atoms with Crippen LogP contribution in [0.3, 0.4) is 0 Å². The van der Waals surface area contributed by atoms with Gasteiger partial charge in [0.25, 0.3) is 5.91 Å². The van der Waals surface area contributed by atoms with Crippen LogP contribution in [0.2, 0.25) is 0 Å². The van der Waals surface area contributed by atoms with Gasteiger partial charge in [-0.15, -0.1) is 0 Å². The van der Waals surface area contributed by atoms with Gasteiger partial charge in [0.05, 0.1) is 5.52 Å². The lowest BCUT2D eigenvalue weighted by atomic mass is 9.97. The van der Waals surface area contributed by atoms with E-state index in [4.69, 9.17) is 4.74 Å². The summed E-state index contributed by atoms with van der Waals surface area (Å²) in [5.41, 5.74) is 2.71. The van der Waals surface area contributed by atoms with Gasteiger partial charge in [0.1, 0.15) is 0 Å². The van der Waals surface area contributed by atoms with E-state index in [2.05, 4.69) is 29.4 Å². The summed E-state index contributed by atoms with van der Waals surface area (Å²) >= 11 is 0. The summed E-state index contributed by atoms with van der Waals surface area (Å²) in [7, 11) is 0. The van der Waals surface area contributed by atoms with Crippen LogP contribution in [0.5, 0.6) is 0 Å². The number of esters is 1. The lowest BCUT2D eigenvalue weighted by Gasteiger charge is -2.18. The molecule has 3 rings (SSSR count). The fourth-order valence-corrected chi connectivity index (χ4v) is 2.88. The molecule has 0 saturated heterocycles. The Labute approximate surface area is 157 Å². The molecule has 2 atom stereocenters. The van der Waals surface area contributed by atoms with E-state index in [1.54, 1.807) is 13.0 Å². The maximum Gasteiger partial charge on any atom is 0.360 e. The first-order chi connectivity index (χ1) is 13.0. The summed E-state index contributed by atoms with van der Waals surface area (Å²) in [6, 6.07) is 14.9. The minimum absolute atomic E-state index is 0.172. The summed E-state index contributed by atoms with van der Waals surface area (Å²) < 4.78 is 5.33. The fourth-order valence-electron chi connectivity index (χ4n) is 2.88. The van der Waals surface area contributed by atoms with E-state index in [1.807, 2.05) is 42.5 Å². The van der Waals surface area contributed by atoms with E-state index >= 15 is 0 Å². The third kappa shape index (κ3) is 4.00. The predicted molar refractivity (Wildman–Crippen MR) is 105 cm³/mol. The highest BCUT2D eigenvalue weighted by atomic mass is 16.5. The van der Waals surface area contributed by atoms with Crippen molar-refractivity contribution in [1.82, 2.24) is 10.2 Å². The summed E-state index contributed by atoms with van der Waals surface area (Å²) in [6.07, 6.45) is 0.0156. The summed E-state index contributed by atoms with van der Waals surface area (Å²) in [6.45, 7) is 5.76. The Kier molecular flexibility index (Phi) is 5.54. The van der Waals surface area contributed by atoms with Crippen molar-refractivity contribution < 1.29 is 14.3 Å². The zero-order chi connectivity index (χ0) is 19.4. The number of amides is 1. The molecule has 0 bridgehead atoms. The van der Waals surface area contributed by atoms with Gasteiger partial charge in [-0.25, -0.2) is 4.79 Å². The van der Waals surface area contributed by atoms with Crippen LogP contribution in [0.4, 0.5) is 5.69 Å². The molecule has 2 aromatic carbocycles. The molecule has 0 fully saturated rings. The normalized spacial score (nSPS) is 13.1. The minimum atomic E-state index is -0.946. The quantitative estimate of drug-likeness (QED) is 0.639. The topological polar surface area (TPSA) is 84.1 Å². The van der Waals surface area contributed by atoms with Gasteiger partial charge in [-0.1, -0.05) is 50.2 Å². The van der Waals surface area contributed by atoms with E-state index in [0.29, 0.717) is 11.3 Å². The highest BCUT2D eigenvalue weighted by Gasteiger charge is 2.23. The van der Waals surface area contributed by atoms with E-state index < -0.39 is 12.1 Å². The Balaban J connectivity index is 1.70. The Bertz CT molecular complexity index is 964. The Morgan fingerprint density at radius 3 is 2.59 bits per heavy atom. The van der Waals surface area contributed by atoms with E-state index in [-0.39, 0.29) is 11.6 Å². The number of benzene rings is 2. The van der Waals surface area contributed by atoms with Crippen molar-refractivity contribution in [2.24, 2.45) is 0 Å². The molecular weight excluding hydrogens is 342 g/mol. The molecule has 1 amide bonds. The van der Waals surface area contributed by atoms with E-state index in [9.17, 15) is 9.59 Å². The Hall–Kier alpha value is -3.15. The number of nitrogens with zero attached hydrogens (tertiary/aromatic N) is 1. The molecular formula is C21H23N3O3. The molecule has 0 spiro atoms. The molecule has 6 nitrogen and oxygen atoms in total. The first-order valence-electron chi connectivity index (χ1n) is 9.05. The van der Waals surface area contributed by atoms with Crippen LogP contribution in [0, 0.1) is 0 Å². The minimum Gasteiger partial charge on any atom is -0.448 e. The number of para-hydroxylation sites is 2. The van der Waals surface area contributed by atoms with Gasteiger partial charge in [0, 0.05) is 11.1 Å². The summed E-state index contributed by atoms with van der Waals surface area (Å²) in [4.78, 5) is 25.0. The van der Waals surface area contributed by atoms with Crippen LogP contribution in [-0.2, 0) is 9.53 Å². The average molecular weight is 365 g/mol. The van der Waals surface area contributed by atoms with Gasteiger partial charge >= 0.3 is 5.97 Å². The van der Waals surface area contributed by atoms with Crippen LogP contribution < -0.4 is 5.32 Å². The number of hydrogen-bond acceptors (Lipinski definition) is 4. The third-order valence-corrected chi connectivity index (χ3v) is 4.68. The van der Waals surface area contributed by atoms with Crippen LogP contribution in [-0.4, -0.2) is 28.2 Å². The fraction of sp³-hybridized carbons (Fsp3) is 0.286. The van der Waals surface area contributed by atoms with Gasteiger partial charge in [0.2, 0.25) is 0 Å². The van der Waals surface area contributed by atoms with E-state index in [1.165, 1.54) is 0 Å². The molecule has 0 aliphatic heterocycles. The van der Waals surface area contributed by atoms with E-state index in [0.717, 1.165) is 23.2 Å². The van der Waals surface area contributed by atoms with Crippen molar-refractivity contribution in [2.75, 3.05) is 5.32 Å². The molecule has 1 heterocycles. The molecule has 3 aromatic rings. The molecule has 2 unspecified atom stereocenters. The van der Waals surface area contributed by atoms with Crippen LogP contribution >= 0.6 is 0 Å². The smallest absolute Gasteiger partial charge is 0.360 e. The average Bonchev–Trinajstić information content (AvgIpc) is 3.12. The van der Waals surface area contributed by atoms with Crippen molar-refractivity contribution in [3.8, 4) is 0 Å². The number of ether oxygens (including phenoxy) is 1. The number of hydrogen-bond donors (Lipinski definition) is 2. The maximum absolute atomic E-state index is 12.5. The van der Waals surface area contributed by atoms with Crippen molar-refractivity contribution in [3.05, 3.63) is 59.8 Å². The van der Waals surface area contributed by atoms with Gasteiger partial charge < -0.3 is 10.1 Å². The molecule has 0 saturated carbocycles. The highest BCUT2D eigenvalue weighted by molar-refractivity contribution is 6.03. The standard InChI is InChI=1S/C21H23N3O3/c1-4-13(2)15-9-5-7-11-17(15)22-20(25)14(3)27-21(26)19-16-10-6-8-12-18(16)23-24-19/h5-14H,4H2,1-3H3,(H,22,25)(H,23,24). The van der Waals surface area contributed by atoms with Crippen molar-refractivity contribution >= 4 is 28.5 Å². The molecule has 140 valence electrons. The number of H-pyrrole nitrogens is 1. The number of aromatic amines is 1. The second-order valence-corrected chi connectivity index (χ2v) is 6.55. The van der Waals surface area contributed by atoms with Crippen LogP contribution in [0.15, 0.2) is 48.5 Å².